The van der Waals surface area contributed by atoms with Gasteiger partial charge in [0.15, 0.2) is 5.78 Å². The van der Waals surface area contributed by atoms with E-state index in [9.17, 15) is 9.59 Å². The molecule has 0 spiro atoms. The van der Waals surface area contributed by atoms with Gasteiger partial charge in [0, 0.05) is 31.9 Å². The van der Waals surface area contributed by atoms with Crippen molar-refractivity contribution >= 4 is 11.7 Å². The number of Topliss-reactive ketones (excluding diaryl/α,β-unsaturated/α-hetero) is 1. The van der Waals surface area contributed by atoms with Crippen LogP contribution in [-0.4, -0.2) is 34.2 Å². The first-order valence-electron chi connectivity index (χ1n) is 6.85. The molecule has 104 valence electrons. The van der Waals surface area contributed by atoms with E-state index in [0.717, 1.165) is 13.1 Å². The van der Waals surface area contributed by atoms with Gasteiger partial charge in [0.05, 0.1) is 0 Å². The molecule has 0 aliphatic carbocycles. The quantitative estimate of drug-likeness (QED) is 0.768. The van der Waals surface area contributed by atoms with Gasteiger partial charge in [0.25, 0.3) is 5.91 Å². The molecule has 1 amide bonds. The third kappa shape index (κ3) is 2.88. The second kappa shape index (κ2) is 5.19. The zero-order valence-electron chi connectivity index (χ0n) is 12.1. The van der Waals surface area contributed by atoms with Crippen molar-refractivity contribution in [2.45, 2.75) is 27.2 Å². The van der Waals surface area contributed by atoms with Gasteiger partial charge < -0.3 is 9.47 Å². The van der Waals surface area contributed by atoms with E-state index in [1.807, 2.05) is 11.9 Å². The zero-order chi connectivity index (χ0) is 14.2. The fraction of sp³-hybridized carbons (Fsp3) is 0.600. The summed E-state index contributed by atoms with van der Waals surface area (Å²) in [5.41, 5.74) is 1.20. The molecule has 0 radical (unpaired) electrons. The number of nitrogens with zero attached hydrogens (tertiary/aromatic N) is 2. The third-order valence-corrected chi connectivity index (χ3v) is 3.79. The molecule has 2 unspecified atom stereocenters. The van der Waals surface area contributed by atoms with E-state index in [0.29, 0.717) is 23.1 Å². The highest BCUT2D eigenvalue weighted by Gasteiger charge is 2.27. The molecule has 4 heteroatoms. The summed E-state index contributed by atoms with van der Waals surface area (Å²) < 4.78 is 1.75. The SMILES string of the molecule is CC(=O)c1cc(C(=O)N2CC(C)CC(C)C2)n(C)c1. The van der Waals surface area contributed by atoms with Crippen molar-refractivity contribution in [3.63, 3.8) is 0 Å². The maximum absolute atomic E-state index is 12.5. The van der Waals surface area contributed by atoms with Crippen molar-refractivity contribution in [1.82, 2.24) is 9.47 Å². The van der Waals surface area contributed by atoms with E-state index in [2.05, 4.69) is 13.8 Å². The highest BCUT2D eigenvalue weighted by atomic mass is 16.2. The molecular formula is C15H22N2O2. The van der Waals surface area contributed by atoms with Crippen LogP contribution in [0.5, 0.6) is 0 Å². The Balaban J connectivity index is 2.21. The molecule has 4 nitrogen and oxygen atoms in total. The summed E-state index contributed by atoms with van der Waals surface area (Å²) >= 11 is 0. The van der Waals surface area contributed by atoms with Crippen LogP contribution in [0.25, 0.3) is 0 Å². The molecule has 2 atom stereocenters. The smallest absolute Gasteiger partial charge is 0.270 e. The number of hydrogen-bond donors (Lipinski definition) is 0. The molecule has 1 aromatic heterocycles. The number of carbonyl (C=O) groups excluding carboxylic acids is 2. The van der Waals surface area contributed by atoms with Crippen LogP contribution in [0.1, 0.15) is 48.0 Å². The second-order valence-corrected chi connectivity index (χ2v) is 5.94. The number of hydrogen-bond acceptors (Lipinski definition) is 2. The van der Waals surface area contributed by atoms with Crippen LogP contribution >= 0.6 is 0 Å². The second-order valence-electron chi connectivity index (χ2n) is 5.94. The average molecular weight is 262 g/mol. The lowest BCUT2D eigenvalue weighted by atomic mass is 9.92. The van der Waals surface area contributed by atoms with Crippen LogP contribution < -0.4 is 0 Å². The number of aryl methyl sites for hydroxylation is 1. The summed E-state index contributed by atoms with van der Waals surface area (Å²) in [5, 5.41) is 0. The molecule has 0 saturated carbocycles. The summed E-state index contributed by atoms with van der Waals surface area (Å²) in [4.78, 5) is 25.8. The van der Waals surface area contributed by atoms with Crippen molar-refractivity contribution in [3.8, 4) is 0 Å². The number of ketones is 1. The minimum atomic E-state index is -0.00460. The lowest BCUT2D eigenvalue weighted by Gasteiger charge is -2.35. The molecule has 1 saturated heterocycles. The standard InChI is InChI=1S/C15H22N2O2/c1-10-5-11(2)8-17(7-10)15(19)14-6-13(12(3)18)9-16(14)4/h6,9-11H,5,7-8H2,1-4H3. The van der Waals surface area contributed by atoms with E-state index in [1.54, 1.807) is 16.8 Å². The van der Waals surface area contributed by atoms with Crippen molar-refractivity contribution in [2.24, 2.45) is 18.9 Å². The van der Waals surface area contributed by atoms with Gasteiger partial charge in [-0.3, -0.25) is 9.59 Å². The highest BCUT2D eigenvalue weighted by Crippen LogP contribution is 2.23. The first-order valence-corrected chi connectivity index (χ1v) is 6.85. The maximum Gasteiger partial charge on any atom is 0.270 e. The normalized spacial score (nSPS) is 23.5. The summed E-state index contributed by atoms with van der Waals surface area (Å²) in [6, 6.07) is 1.70. The van der Waals surface area contributed by atoms with Crippen molar-refractivity contribution in [1.29, 1.82) is 0 Å². The van der Waals surface area contributed by atoms with E-state index in [4.69, 9.17) is 0 Å². The third-order valence-electron chi connectivity index (χ3n) is 3.79. The minimum Gasteiger partial charge on any atom is -0.346 e. The Morgan fingerprint density at radius 1 is 1.21 bits per heavy atom. The van der Waals surface area contributed by atoms with Gasteiger partial charge in [-0.25, -0.2) is 0 Å². The lowest BCUT2D eigenvalue weighted by Crippen LogP contribution is -2.43. The van der Waals surface area contributed by atoms with Gasteiger partial charge in [-0.15, -0.1) is 0 Å². The predicted molar refractivity (Wildman–Crippen MR) is 74.3 cm³/mol. The van der Waals surface area contributed by atoms with Crippen LogP contribution in [0, 0.1) is 11.8 Å². The topological polar surface area (TPSA) is 42.3 Å². The van der Waals surface area contributed by atoms with E-state index < -0.39 is 0 Å². The molecule has 1 fully saturated rings. The van der Waals surface area contributed by atoms with E-state index >= 15 is 0 Å². The van der Waals surface area contributed by atoms with Crippen LogP contribution in [-0.2, 0) is 7.05 Å². The molecule has 1 aliphatic heterocycles. The largest absolute Gasteiger partial charge is 0.346 e. The van der Waals surface area contributed by atoms with Gasteiger partial charge in [0.1, 0.15) is 5.69 Å². The Morgan fingerprint density at radius 2 is 1.79 bits per heavy atom. The summed E-state index contributed by atoms with van der Waals surface area (Å²) in [5.74, 6) is 1.11. The monoisotopic (exact) mass is 262 g/mol. The number of likely N-dealkylation sites (tertiary alicyclic amines) is 1. The summed E-state index contributed by atoms with van der Waals surface area (Å²) in [6.07, 6.45) is 2.90. The van der Waals surface area contributed by atoms with Crippen LogP contribution in [0.15, 0.2) is 12.3 Å². The van der Waals surface area contributed by atoms with E-state index in [1.165, 1.54) is 13.3 Å². The van der Waals surface area contributed by atoms with Crippen molar-refractivity contribution in [2.75, 3.05) is 13.1 Å². The lowest BCUT2D eigenvalue weighted by molar-refractivity contribution is 0.0613. The van der Waals surface area contributed by atoms with Gasteiger partial charge in [0.2, 0.25) is 0 Å². The molecule has 1 aliphatic rings. The molecule has 0 bridgehead atoms. The maximum atomic E-state index is 12.5. The number of piperidine rings is 1. The average Bonchev–Trinajstić information content (AvgIpc) is 2.69. The van der Waals surface area contributed by atoms with Crippen molar-refractivity contribution in [3.05, 3.63) is 23.5 Å². The number of aromatic nitrogens is 1. The van der Waals surface area contributed by atoms with Crippen LogP contribution in [0.4, 0.5) is 0 Å². The molecular weight excluding hydrogens is 240 g/mol. The van der Waals surface area contributed by atoms with Gasteiger partial charge in [-0.1, -0.05) is 13.8 Å². The van der Waals surface area contributed by atoms with Crippen LogP contribution in [0.3, 0.4) is 0 Å². The Morgan fingerprint density at radius 3 is 2.26 bits per heavy atom. The zero-order valence-corrected chi connectivity index (χ0v) is 12.1. The molecule has 1 aromatic rings. The summed E-state index contributed by atoms with van der Waals surface area (Å²) in [7, 11) is 1.82. The van der Waals surface area contributed by atoms with Crippen molar-refractivity contribution < 1.29 is 9.59 Å². The fourth-order valence-electron chi connectivity index (χ4n) is 2.96. The van der Waals surface area contributed by atoms with Gasteiger partial charge in [-0.2, -0.15) is 0 Å². The Hall–Kier alpha value is -1.58. The minimum absolute atomic E-state index is 0.00460. The summed E-state index contributed by atoms with van der Waals surface area (Å²) in [6.45, 7) is 7.51. The number of amides is 1. The Kier molecular flexibility index (Phi) is 3.78. The molecule has 2 rings (SSSR count). The van der Waals surface area contributed by atoms with Gasteiger partial charge in [-0.05, 0) is 31.2 Å². The van der Waals surface area contributed by atoms with Crippen LogP contribution in [0.2, 0.25) is 0 Å². The van der Waals surface area contributed by atoms with E-state index in [-0.39, 0.29) is 11.7 Å². The number of rotatable bonds is 2. The molecule has 0 N–H and O–H groups in total. The first kappa shape index (κ1) is 13.8. The highest BCUT2D eigenvalue weighted by molar-refractivity contribution is 5.99. The molecule has 0 aromatic carbocycles. The van der Waals surface area contributed by atoms with Gasteiger partial charge >= 0.3 is 0 Å². The Labute approximate surface area is 114 Å². The fourth-order valence-corrected chi connectivity index (χ4v) is 2.96. The first-order chi connectivity index (χ1) is 8.88. The predicted octanol–water partition coefficient (Wildman–Crippen LogP) is 2.35. The Bertz CT molecular complexity index is 494. The molecule has 19 heavy (non-hydrogen) atoms. The molecule has 2 heterocycles. The number of carbonyl (C=O) groups is 2.